The average Bonchev–Trinajstić information content (AvgIpc) is 3.04. The van der Waals surface area contributed by atoms with Crippen LogP contribution in [0, 0.1) is 0 Å². The summed E-state index contributed by atoms with van der Waals surface area (Å²) >= 11 is 0. The predicted octanol–water partition coefficient (Wildman–Crippen LogP) is 5.00. The number of hydrogen-bond donors (Lipinski definition) is 2. The molecule has 2 amide bonds. The van der Waals surface area contributed by atoms with Gasteiger partial charge in [0.25, 0.3) is 0 Å². The van der Waals surface area contributed by atoms with Crippen LogP contribution in [-0.4, -0.2) is 37.2 Å². The van der Waals surface area contributed by atoms with Crippen molar-refractivity contribution < 1.29 is 28.6 Å². The Kier molecular flexibility index (Phi) is 11.1. The molecule has 0 spiro atoms. The van der Waals surface area contributed by atoms with E-state index < -0.39 is 30.1 Å². The minimum Gasteiger partial charge on any atom is -0.489 e. The summed E-state index contributed by atoms with van der Waals surface area (Å²) in [4.78, 5) is 38.8. The molecule has 216 valence electrons. The quantitative estimate of drug-likeness (QED) is 0.221. The number of ether oxygens (including phenoxy) is 3. The Morgan fingerprint density at radius 1 is 0.595 bits per heavy atom. The van der Waals surface area contributed by atoms with Gasteiger partial charge in [-0.15, -0.1) is 0 Å². The summed E-state index contributed by atoms with van der Waals surface area (Å²) in [5.74, 6) is -0.450. The van der Waals surface area contributed by atoms with Gasteiger partial charge in [0.2, 0.25) is 5.91 Å². The lowest BCUT2D eigenvalue weighted by molar-refractivity contribution is -0.145. The first-order valence-electron chi connectivity index (χ1n) is 13.6. The summed E-state index contributed by atoms with van der Waals surface area (Å²) in [6.07, 6.45) is -0.349. The van der Waals surface area contributed by atoms with E-state index in [-0.39, 0.29) is 19.4 Å². The number of alkyl carbamates (subject to hydrolysis) is 1. The van der Waals surface area contributed by atoms with Crippen LogP contribution in [-0.2, 0) is 45.1 Å². The van der Waals surface area contributed by atoms with Crippen molar-refractivity contribution in [2.75, 3.05) is 7.11 Å². The molecular formula is C34H34N2O6. The highest BCUT2D eigenvalue weighted by atomic mass is 16.5. The molecule has 8 heteroatoms. The number of nitrogens with one attached hydrogen (secondary N) is 2. The van der Waals surface area contributed by atoms with E-state index in [2.05, 4.69) is 10.6 Å². The highest BCUT2D eigenvalue weighted by Crippen LogP contribution is 2.16. The lowest BCUT2D eigenvalue weighted by Gasteiger charge is -2.22. The molecule has 0 saturated heterocycles. The Balaban J connectivity index is 1.40. The summed E-state index contributed by atoms with van der Waals surface area (Å²) in [7, 11) is 1.27. The molecule has 0 unspecified atom stereocenters. The van der Waals surface area contributed by atoms with E-state index in [1.807, 2.05) is 115 Å². The largest absolute Gasteiger partial charge is 0.489 e. The molecule has 8 nitrogen and oxygen atoms in total. The van der Waals surface area contributed by atoms with Crippen LogP contribution in [0.15, 0.2) is 115 Å². The fourth-order valence-corrected chi connectivity index (χ4v) is 4.27. The number of carbonyl (C=O) groups excluding carboxylic acids is 3. The molecule has 0 aliphatic rings. The molecule has 4 aromatic carbocycles. The van der Waals surface area contributed by atoms with Gasteiger partial charge < -0.3 is 24.8 Å². The van der Waals surface area contributed by atoms with Crippen LogP contribution in [0.3, 0.4) is 0 Å². The lowest BCUT2D eigenvalue weighted by atomic mass is 10.0. The van der Waals surface area contributed by atoms with Crippen molar-refractivity contribution in [3.05, 3.63) is 138 Å². The third-order valence-corrected chi connectivity index (χ3v) is 6.52. The van der Waals surface area contributed by atoms with Gasteiger partial charge in [-0.25, -0.2) is 9.59 Å². The number of esters is 1. The van der Waals surface area contributed by atoms with Gasteiger partial charge in [0.15, 0.2) is 0 Å². The first-order chi connectivity index (χ1) is 20.5. The molecular weight excluding hydrogens is 532 g/mol. The van der Waals surface area contributed by atoms with E-state index in [1.54, 1.807) is 0 Å². The van der Waals surface area contributed by atoms with Crippen LogP contribution in [0.4, 0.5) is 4.79 Å². The third kappa shape index (κ3) is 9.52. The summed E-state index contributed by atoms with van der Waals surface area (Å²) < 4.78 is 16.2. The zero-order valence-corrected chi connectivity index (χ0v) is 23.4. The Bertz CT molecular complexity index is 1410. The molecule has 0 fully saturated rings. The molecule has 0 bridgehead atoms. The summed E-state index contributed by atoms with van der Waals surface area (Å²) in [6, 6.07) is 33.7. The predicted molar refractivity (Wildman–Crippen MR) is 159 cm³/mol. The molecule has 4 aromatic rings. The smallest absolute Gasteiger partial charge is 0.408 e. The molecule has 0 radical (unpaired) electrons. The molecule has 42 heavy (non-hydrogen) atoms. The topological polar surface area (TPSA) is 103 Å². The number of hydrogen-bond acceptors (Lipinski definition) is 6. The standard InChI is InChI=1S/C34H34N2O6/c1-40-33(38)31(22-26-17-19-29(20-18-26)41-23-27-13-7-3-8-14-27)35-32(37)30(21-25-11-5-2-6-12-25)36-34(39)42-24-28-15-9-4-10-16-28/h2-20,30-31H,21-24H2,1H3,(H,35,37)(H,36,39)/t30-,31+/m0/s1. The van der Waals surface area contributed by atoms with Gasteiger partial charge in [-0.05, 0) is 34.4 Å². The Morgan fingerprint density at radius 2 is 1.10 bits per heavy atom. The number of carbonyl (C=O) groups is 3. The molecule has 2 atom stereocenters. The van der Waals surface area contributed by atoms with Gasteiger partial charge in [0.1, 0.15) is 31.0 Å². The number of benzene rings is 4. The molecule has 0 aliphatic carbocycles. The minimum absolute atomic E-state index is 0.0577. The molecule has 0 heterocycles. The van der Waals surface area contributed by atoms with Crippen molar-refractivity contribution >= 4 is 18.0 Å². The summed E-state index contributed by atoms with van der Waals surface area (Å²) in [5.41, 5.74) is 3.51. The van der Waals surface area contributed by atoms with E-state index in [0.717, 1.165) is 22.3 Å². The Hall–Kier alpha value is -5.11. The average molecular weight is 567 g/mol. The number of amides is 2. The highest BCUT2D eigenvalue weighted by Gasteiger charge is 2.28. The van der Waals surface area contributed by atoms with Crippen LogP contribution >= 0.6 is 0 Å². The zero-order chi connectivity index (χ0) is 29.6. The fraction of sp³-hybridized carbons (Fsp3) is 0.206. The van der Waals surface area contributed by atoms with Crippen molar-refractivity contribution in [3.8, 4) is 5.75 Å². The third-order valence-electron chi connectivity index (χ3n) is 6.52. The second-order valence-electron chi connectivity index (χ2n) is 9.66. The number of methoxy groups -OCH3 is 1. The van der Waals surface area contributed by atoms with Crippen molar-refractivity contribution in [2.45, 2.75) is 38.1 Å². The molecule has 2 N–H and O–H groups in total. The highest BCUT2D eigenvalue weighted by molar-refractivity contribution is 5.90. The van der Waals surface area contributed by atoms with Crippen LogP contribution < -0.4 is 15.4 Å². The van der Waals surface area contributed by atoms with Crippen molar-refractivity contribution in [2.24, 2.45) is 0 Å². The Labute approximate surface area is 245 Å². The first-order valence-corrected chi connectivity index (χ1v) is 13.6. The maximum atomic E-state index is 13.4. The maximum absolute atomic E-state index is 13.4. The fourth-order valence-electron chi connectivity index (χ4n) is 4.27. The lowest BCUT2D eigenvalue weighted by Crippen LogP contribution is -2.53. The Morgan fingerprint density at radius 3 is 1.67 bits per heavy atom. The van der Waals surface area contributed by atoms with Gasteiger partial charge in [0.05, 0.1) is 7.11 Å². The van der Waals surface area contributed by atoms with Crippen molar-refractivity contribution in [1.29, 1.82) is 0 Å². The minimum atomic E-state index is -0.989. The van der Waals surface area contributed by atoms with Crippen LogP contribution in [0.25, 0.3) is 0 Å². The van der Waals surface area contributed by atoms with Gasteiger partial charge >= 0.3 is 12.1 Å². The zero-order valence-electron chi connectivity index (χ0n) is 23.4. The molecule has 0 aromatic heterocycles. The SMILES string of the molecule is COC(=O)[C@@H](Cc1ccc(OCc2ccccc2)cc1)NC(=O)[C@H](Cc1ccccc1)NC(=O)OCc1ccccc1. The number of rotatable bonds is 13. The van der Waals surface area contributed by atoms with Crippen LogP contribution in [0.1, 0.15) is 22.3 Å². The normalized spacial score (nSPS) is 11.9. The van der Waals surface area contributed by atoms with Gasteiger partial charge in [-0.3, -0.25) is 4.79 Å². The van der Waals surface area contributed by atoms with Crippen LogP contribution in [0.2, 0.25) is 0 Å². The molecule has 0 saturated carbocycles. The van der Waals surface area contributed by atoms with Gasteiger partial charge in [-0.1, -0.05) is 103 Å². The van der Waals surface area contributed by atoms with E-state index >= 15 is 0 Å². The van der Waals surface area contributed by atoms with Gasteiger partial charge in [0, 0.05) is 12.8 Å². The second-order valence-corrected chi connectivity index (χ2v) is 9.66. The van der Waals surface area contributed by atoms with Crippen molar-refractivity contribution in [3.63, 3.8) is 0 Å². The summed E-state index contributed by atoms with van der Waals surface area (Å²) in [5, 5.41) is 5.42. The van der Waals surface area contributed by atoms with Gasteiger partial charge in [-0.2, -0.15) is 0 Å². The van der Waals surface area contributed by atoms with E-state index in [4.69, 9.17) is 14.2 Å². The first kappa shape index (κ1) is 29.9. The van der Waals surface area contributed by atoms with E-state index in [1.165, 1.54) is 7.11 Å². The van der Waals surface area contributed by atoms with E-state index in [0.29, 0.717) is 12.4 Å². The van der Waals surface area contributed by atoms with Crippen LogP contribution in [0.5, 0.6) is 5.75 Å². The summed E-state index contributed by atoms with van der Waals surface area (Å²) in [6.45, 7) is 0.493. The molecule has 0 aliphatic heterocycles. The van der Waals surface area contributed by atoms with E-state index in [9.17, 15) is 14.4 Å². The maximum Gasteiger partial charge on any atom is 0.408 e. The van der Waals surface area contributed by atoms with Crippen molar-refractivity contribution in [1.82, 2.24) is 10.6 Å². The monoisotopic (exact) mass is 566 g/mol. The molecule has 4 rings (SSSR count). The second kappa shape index (κ2) is 15.6.